The van der Waals surface area contributed by atoms with E-state index in [0.717, 1.165) is 21.9 Å². The molecular formula is C30H35Cl2N3O5S. The Morgan fingerprint density at radius 1 is 0.951 bits per heavy atom. The van der Waals surface area contributed by atoms with E-state index in [1.165, 1.54) is 35.2 Å². The zero-order valence-corrected chi connectivity index (χ0v) is 25.9. The number of hydrogen-bond acceptors (Lipinski definition) is 5. The van der Waals surface area contributed by atoms with E-state index in [0.29, 0.717) is 18.7 Å². The summed E-state index contributed by atoms with van der Waals surface area (Å²) in [5.74, 6) is -0.228. The average Bonchev–Trinajstić information content (AvgIpc) is 2.94. The molecule has 2 amide bonds. The third kappa shape index (κ3) is 8.38. The van der Waals surface area contributed by atoms with Crippen molar-refractivity contribution < 1.29 is 22.7 Å². The highest BCUT2D eigenvalue weighted by atomic mass is 35.5. The van der Waals surface area contributed by atoms with E-state index < -0.39 is 28.5 Å². The van der Waals surface area contributed by atoms with Gasteiger partial charge in [-0.15, -0.1) is 0 Å². The first kappa shape index (κ1) is 32.2. The molecule has 0 fully saturated rings. The third-order valence-corrected chi connectivity index (χ3v) is 8.69. The maximum absolute atomic E-state index is 14.1. The average molecular weight is 621 g/mol. The summed E-state index contributed by atoms with van der Waals surface area (Å²) in [5.41, 5.74) is 1.76. The lowest BCUT2D eigenvalue weighted by Gasteiger charge is -2.33. The van der Waals surface area contributed by atoms with Crippen LogP contribution in [0.1, 0.15) is 37.8 Å². The Labute approximate surface area is 252 Å². The molecule has 1 atom stereocenters. The van der Waals surface area contributed by atoms with Crippen LogP contribution in [0.15, 0.2) is 71.6 Å². The fourth-order valence-corrected chi connectivity index (χ4v) is 6.17. The molecule has 0 saturated carbocycles. The van der Waals surface area contributed by atoms with E-state index in [1.54, 1.807) is 43.5 Å². The van der Waals surface area contributed by atoms with Crippen LogP contribution in [0.4, 0.5) is 5.69 Å². The van der Waals surface area contributed by atoms with Crippen molar-refractivity contribution in [3.05, 3.63) is 87.9 Å². The van der Waals surface area contributed by atoms with Gasteiger partial charge in [0.05, 0.1) is 17.7 Å². The lowest BCUT2D eigenvalue weighted by atomic mass is 10.1. The lowest BCUT2D eigenvalue weighted by Crippen LogP contribution is -2.52. The van der Waals surface area contributed by atoms with Gasteiger partial charge in [-0.25, -0.2) is 8.42 Å². The van der Waals surface area contributed by atoms with Gasteiger partial charge in [-0.1, -0.05) is 66.9 Å². The number of methoxy groups -OCH3 is 1. The number of benzene rings is 3. The molecule has 0 aliphatic heterocycles. The predicted octanol–water partition coefficient (Wildman–Crippen LogP) is 5.84. The molecule has 41 heavy (non-hydrogen) atoms. The Balaban J connectivity index is 2.07. The molecule has 0 aliphatic rings. The lowest BCUT2D eigenvalue weighted by molar-refractivity contribution is -0.140. The topological polar surface area (TPSA) is 96.0 Å². The first-order valence-corrected chi connectivity index (χ1v) is 15.4. The van der Waals surface area contributed by atoms with E-state index in [4.69, 9.17) is 27.9 Å². The maximum Gasteiger partial charge on any atom is 0.264 e. The molecule has 8 nitrogen and oxygen atoms in total. The van der Waals surface area contributed by atoms with E-state index in [2.05, 4.69) is 5.32 Å². The Hall–Kier alpha value is -3.27. The Morgan fingerprint density at radius 3 is 2.10 bits per heavy atom. The number of hydrogen-bond donors (Lipinski definition) is 1. The number of amides is 2. The number of rotatable bonds is 13. The van der Waals surface area contributed by atoms with Gasteiger partial charge in [0.1, 0.15) is 18.3 Å². The van der Waals surface area contributed by atoms with Crippen LogP contribution in [0.3, 0.4) is 0 Å². The van der Waals surface area contributed by atoms with E-state index in [9.17, 15) is 18.0 Å². The molecule has 0 aliphatic carbocycles. The summed E-state index contributed by atoms with van der Waals surface area (Å²) in [4.78, 5) is 28.7. The largest absolute Gasteiger partial charge is 0.497 e. The van der Waals surface area contributed by atoms with Crippen LogP contribution >= 0.6 is 23.2 Å². The quantitative estimate of drug-likeness (QED) is 0.259. The SMILES string of the molecule is CCCNC(=O)[C@H](CC)N(Cc1ccc(OC)cc1)C(=O)CN(c1cc(Cl)cc(Cl)c1)S(=O)(=O)c1ccc(C)cc1. The number of halogens is 2. The number of nitrogens with one attached hydrogen (secondary N) is 1. The molecule has 0 radical (unpaired) electrons. The minimum absolute atomic E-state index is 0.00133. The van der Waals surface area contributed by atoms with E-state index >= 15 is 0 Å². The van der Waals surface area contributed by atoms with Crippen molar-refractivity contribution in [3.63, 3.8) is 0 Å². The maximum atomic E-state index is 14.1. The first-order valence-electron chi connectivity index (χ1n) is 13.3. The number of sulfonamides is 1. The summed E-state index contributed by atoms with van der Waals surface area (Å²) >= 11 is 12.5. The monoisotopic (exact) mass is 619 g/mol. The molecular weight excluding hydrogens is 585 g/mol. The van der Waals surface area contributed by atoms with Gasteiger partial charge in [0.2, 0.25) is 11.8 Å². The summed E-state index contributed by atoms with van der Waals surface area (Å²) in [6.07, 6.45) is 1.05. The van der Waals surface area contributed by atoms with Gasteiger partial charge in [-0.2, -0.15) is 0 Å². The van der Waals surface area contributed by atoms with Crippen molar-refractivity contribution in [1.82, 2.24) is 10.2 Å². The summed E-state index contributed by atoms with van der Waals surface area (Å²) in [6, 6.07) is 17.0. The van der Waals surface area contributed by atoms with Gasteiger partial charge in [0.15, 0.2) is 0 Å². The van der Waals surface area contributed by atoms with Crippen LogP contribution in [0, 0.1) is 6.92 Å². The Bertz CT molecular complexity index is 1430. The van der Waals surface area contributed by atoms with Gasteiger partial charge >= 0.3 is 0 Å². The summed E-state index contributed by atoms with van der Waals surface area (Å²) < 4.78 is 34.1. The van der Waals surface area contributed by atoms with Crippen LogP contribution in [0.25, 0.3) is 0 Å². The third-order valence-electron chi connectivity index (χ3n) is 6.47. The zero-order valence-electron chi connectivity index (χ0n) is 23.6. The molecule has 3 aromatic carbocycles. The second-order valence-corrected chi connectivity index (χ2v) is 12.3. The molecule has 11 heteroatoms. The van der Waals surface area contributed by atoms with Gasteiger partial charge in [0.25, 0.3) is 10.0 Å². The summed E-state index contributed by atoms with van der Waals surface area (Å²) in [6.45, 7) is 5.54. The fourth-order valence-electron chi connectivity index (χ4n) is 4.26. The van der Waals surface area contributed by atoms with Gasteiger partial charge in [-0.05, 0) is 67.8 Å². The van der Waals surface area contributed by atoms with E-state index in [1.807, 2.05) is 20.8 Å². The Morgan fingerprint density at radius 2 is 1.56 bits per heavy atom. The second kappa shape index (κ2) is 14.6. The van der Waals surface area contributed by atoms with Crippen LogP contribution in [-0.2, 0) is 26.2 Å². The second-order valence-electron chi connectivity index (χ2n) is 9.54. The van der Waals surface area contributed by atoms with Crippen LogP contribution in [-0.4, -0.2) is 51.4 Å². The van der Waals surface area contributed by atoms with Crippen LogP contribution < -0.4 is 14.4 Å². The number of aryl methyl sites for hydroxylation is 1. The van der Waals surface area contributed by atoms with Crippen molar-refractivity contribution in [3.8, 4) is 5.75 Å². The molecule has 0 bridgehead atoms. The molecule has 0 unspecified atom stereocenters. The molecule has 1 N–H and O–H groups in total. The van der Waals surface area contributed by atoms with Crippen molar-refractivity contribution in [1.29, 1.82) is 0 Å². The van der Waals surface area contributed by atoms with Crippen LogP contribution in [0.2, 0.25) is 10.0 Å². The summed E-state index contributed by atoms with van der Waals surface area (Å²) in [7, 11) is -2.67. The first-order chi connectivity index (χ1) is 19.5. The smallest absolute Gasteiger partial charge is 0.264 e. The van der Waals surface area contributed by atoms with Crippen LogP contribution in [0.5, 0.6) is 5.75 Å². The number of anilines is 1. The van der Waals surface area contributed by atoms with Gasteiger partial charge < -0.3 is 15.0 Å². The van der Waals surface area contributed by atoms with Gasteiger partial charge in [-0.3, -0.25) is 13.9 Å². The number of nitrogens with zero attached hydrogens (tertiary/aromatic N) is 2. The van der Waals surface area contributed by atoms with E-state index in [-0.39, 0.29) is 33.1 Å². The molecule has 0 spiro atoms. The molecule has 0 aromatic heterocycles. The summed E-state index contributed by atoms with van der Waals surface area (Å²) in [5, 5.41) is 3.29. The van der Waals surface area contributed by atoms with Gasteiger partial charge in [0, 0.05) is 23.1 Å². The van der Waals surface area contributed by atoms with Crippen molar-refractivity contribution >= 4 is 50.7 Å². The highest BCUT2D eigenvalue weighted by Crippen LogP contribution is 2.30. The number of carbonyl (C=O) groups is 2. The number of carbonyl (C=O) groups excluding carboxylic acids is 2. The normalized spacial score (nSPS) is 12.0. The Kier molecular flexibility index (Phi) is 11.5. The van der Waals surface area contributed by atoms with Crippen molar-refractivity contribution in [2.24, 2.45) is 0 Å². The predicted molar refractivity (Wildman–Crippen MR) is 163 cm³/mol. The van der Waals surface area contributed by atoms with Crippen molar-refractivity contribution in [2.75, 3.05) is 24.5 Å². The van der Waals surface area contributed by atoms with Crippen molar-refractivity contribution in [2.45, 2.75) is 51.1 Å². The molecule has 220 valence electrons. The highest BCUT2D eigenvalue weighted by molar-refractivity contribution is 7.92. The molecule has 3 rings (SSSR count). The fraction of sp³-hybridized carbons (Fsp3) is 0.333. The zero-order chi connectivity index (χ0) is 30.2. The minimum atomic E-state index is -4.23. The highest BCUT2D eigenvalue weighted by Gasteiger charge is 2.34. The molecule has 0 heterocycles. The standard InChI is InChI=1S/C30H35Cl2N3O5S/c1-5-15-33-30(37)28(6-2)34(19-22-9-11-26(40-4)12-10-22)29(36)20-35(25-17-23(31)16-24(32)18-25)41(38,39)27-13-7-21(3)8-14-27/h7-14,16-18,28H,5-6,15,19-20H2,1-4H3,(H,33,37)/t28-/m0/s1. The minimum Gasteiger partial charge on any atom is -0.497 e. The number of ether oxygens (including phenoxy) is 1. The molecule has 3 aromatic rings. The molecule has 0 saturated heterocycles.